The van der Waals surface area contributed by atoms with Gasteiger partial charge in [-0.2, -0.15) is 0 Å². The molecule has 0 aliphatic carbocycles. The maximum atomic E-state index is 12.6. The van der Waals surface area contributed by atoms with Crippen LogP contribution in [0.25, 0.3) is 10.8 Å². The molecule has 0 fully saturated rings. The van der Waals surface area contributed by atoms with E-state index in [0.717, 1.165) is 18.2 Å². The Balaban J connectivity index is 1.71. The highest BCUT2D eigenvalue weighted by Crippen LogP contribution is 2.39. The predicted octanol–water partition coefficient (Wildman–Crippen LogP) is 7.96. The summed E-state index contributed by atoms with van der Waals surface area (Å²) in [5.41, 5.74) is 0.459. The second-order valence-corrected chi connectivity index (χ2v) is 9.52. The van der Waals surface area contributed by atoms with Crippen molar-refractivity contribution >= 4 is 22.4 Å². The highest BCUT2D eigenvalue weighted by Gasteiger charge is 2.15. The molecule has 0 spiro atoms. The minimum atomic E-state index is -0.0714. The first kappa shape index (κ1) is 29.9. The van der Waals surface area contributed by atoms with Gasteiger partial charge in [0.05, 0.1) is 18.9 Å². The van der Waals surface area contributed by atoms with E-state index in [1.165, 1.54) is 70.6 Å². The number of anilines is 1. The van der Waals surface area contributed by atoms with Gasteiger partial charge in [-0.3, -0.25) is 4.79 Å². The van der Waals surface area contributed by atoms with Crippen molar-refractivity contribution < 1.29 is 24.1 Å². The van der Waals surface area contributed by atoms with Gasteiger partial charge >= 0.3 is 0 Å². The highest BCUT2D eigenvalue weighted by atomic mass is 16.7. The molecule has 2 N–H and O–H groups in total. The normalized spacial score (nSPS) is 11.2. The molecule has 6 heteroatoms. The third-order valence-electron chi connectivity index (χ3n) is 6.47. The average Bonchev–Trinajstić information content (AvgIpc) is 2.88. The van der Waals surface area contributed by atoms with Crippen LogP contribution in [0.3, 0.4) is 0 Å². The maximum absolute atomic E-state index is 12.6. The number of ether oxygens (including phenoxy) is 3. The molecule has 0 aliphatic heterocycles. The number of unbranched alkanes of at least 4 members (excludes halogenated alkanes) is 12. The van der Waals surface area contributed by atoms with Crippen LogP contribution in [0.5, 0.6) is 11.5 Å². The van der Waals surface area contributed by atoms with Crippen LogP contribution in [0.1, 0.15) is 96.8 Å². The number of phenolic OH excluding ortho intramolecular Hbond substituents is 1. The van der Waals surface area contributed by atoms with Crippen molar-refractivity contribution in [3.63, 3.8) is 0 Å². The largest absolute Gasteiger partial charge is 0.507 e. The Labute approximate surface area is 217 Å². The second kappa shape index (κ2) is 18.9. The summed E-state index contributed by atoms with van der Waals surface area (Å²) >= 11 is 0. The van der Waals surface area contributed by atoms with E-state index in [2.05, 4.69) is 12.2 Å². The molecule has 0 radical (unpaired) electrons. The fourth-order valence-electron chi connectivity index (χ4n) is 4.40. The van der Waals surface area contributed by atoms with Crippen LogP contribution in [0, 0.1) is 0 Å². The summed E-state index contributed by atoms with van der Waals surface area (Å²) in [5.74, 6) is 0.534. The molecular formula is C30H47NO5. The molecule has 0 unspecified atom stereocenters. The van der Waals surface area contributed by atoms with Crippen LogP contribution < -0.4 is 10.1 Å². The zero-order valence-electron chi connectivity index (χ0n) is 22.5. The Bertz CT molecular complexity index is 870. The summed E-state index contributed by atoms with van der Waals surface area (Å²) in [6, 6.07) is 8.96. The van der Waals surface area contributed by atoms with Crippen molar-refractivity contribution in [3.8, 4) is 11.5 Å². The van der Waals surface area contributed by atoms with Gasteiger partial charge in [0.15, 0.2) is 12.5 Å². The van der Waals surface area contributed by atoms with E-state index in [1.807, 2.05) is 24.3 Å². The summed E-state index contributed by atoms with van der Waals surface area (Å²) < 4.78 is 16.3. The molecule has 0 saturated carbocycles. The number of nitrogens with one attached hydrogen (secondary N) is 1. The van der Waals surface area contributed by atoms with Gasteiger partial charge in [-0.25, -0.2) is 0 Å². The molecule has 202 valence electrons. The molecule has 0 aliphatic rings. The van der Waals surface area contributed by atoms with Crippen LogP contribution in [-0.4, -0.2) is 38.1 Å². The Morgan fingerprint density at radius 3 is 2.03 bits per heavy atom. The third-order valence-corrected chi connectivity index (χ3v) is 6.47. The van der Waals surface area contributed by atoms with Crippen LogP contribution in [0.2, 0.25) is 0 Å². The number of carbonyl (C=O) groups excluding carboxylic acids is 1. The topological polar surface area (TPSA) is 77.0 Å². The Kier molecular flexibility index (Phi) is 15.7. The number of methoxy groups -OCH3 is 1. The van der Waals surface area contributed by atoms with Crippen molar-refractivity contribution in [2.45, 2.75) is 96.8 Å². The molecule has 2 aromatic carbocycles. The molecule has 0 saturated heterocycles. The number of rotatable bonds is 21. The number of carbonyl (C=O) groups is 1. The fourth-order valence-corrected chi connectivity index (χ4v) is 4.40. The predicted molar refractivity (Wildman–Crippen MR) is 148 cm³/mol. The number of phenols is 1. The quantitative estimate of drug-likeness (QED) is 0.134. The first-order valence-electron chi connectivity index (χ1n) is 13.9. The molecule has 0 heterocycles. The van der Waals surface area contributed by atoms with Gasteiger partial charge in [-0.05, 0) is 6.42 Å². The van der Waals surface area contributed by atoms with E-state index in [9.17, 15) is 9.90 Å². The van der Waals surface area contributed by atoms with Gasteiger partial charge in [-0.15, -0.1) is 0 Å². The first-order valence-corrected chi connectivity index (χ1v) is 13.9. The zero-order chi connectivity index (χ0) is 25.8. The molecule has 0 aromatic heterocycles. The molecule has 36 heavy (non-hydrogen) atoms. The van der Waals surface area contributed by atoms with Gasteiger partial charge < -0.3 is 24.6 Å². The molecular weight excluding hydrogens is 454 g/mol. The Morgan fingerprint density at radius 1 is 0.833 bits per heavy atom. The number of fused-ring (bicyclic) bond motifs is 1. The summed E-state index contributed by atoms with van der Waals surface area (Å²) in [7, 11) is 1.61. The number of hydrogen-bond acceptors (Lipinski definition) is 5. The van der Waals surface area contributed by atoms with E-state index in [4.69, 9.17) is 14.2 Å². The van der Waals surface area contributed by atoms with Crippen LogP contribution in [0.15, 0.2) is 30.3 Å². The van der Waals surface area contributed by atoms with Gasteiger partial charge in [0, 0.05) is 30.4 Å². The molecule has 6 nitrogen and oxygen atoms in total. The lowest BCUT2D eigenvalue weighted by atomic mass is 10.0. The monoisotopic (exact) mass is 501 g/mol. The van der Waals surface area contributed by atoms with E-state index >= 15 is 0 Å². The van der Waals surface area contributed by atoms with Crippen molar-refractivity contribution in [1.82, 2.24) is 0 Å². The third kappa shape index (κ3) is 11.6. The summed E-state index contributed by atoms with van der Waals surface area (Å²) in [6.45, 7) is 3.17. The number of hydrogen-bond donors (Lipinski definition) is 2. The standard InChI is InChI=1S/C30H47NO5/c1-3-4-5-6-7-8-9-10-11-12-13-14-15-20-29(33)31-27-23-28(32)25-18-16-17-19-26(25)30(27)36-24-35-22-21-34-2/h16-19,23,32H,3-15,20-22,24H2,1-2H3,(H,31,33). The molecule has 2 aromatic rings. The molecule has 1 amide bonds. The van der Waals surface area contributed by atoms with Crippen molar-refractivity contribution in [2.75, 3.05) is 32.4 Å². The van der Waals surface area contributed by atoms with Gasteiger partial charge in [0.2, 0.25) is 5.91 Å². The second-order valence-electron chi connectivity index (χ2n) is 9.52. The van der Waals surface area contributed by atoms with Crippen molar-refractivity contribution in [3.05, 3.63) is 30.3 Å². The van der Waals surface area contributed by atoms with Crippen molar-refractivity contribution in [2.24, 2.45) is 0 Å². The maximum Gasteiger partial charge on any atom is 0.224 e. The van der Waals surface area contributed by atoms with Crippen molar-refractivity contribution in [1.29, 1.82) is 0 Å². The van der Waals surface area contributed by atoms with E-state index in [0.29, 0.717) is 36.5 Å². The van der Waals surface area contributed by atoms with Gasteiger partial charge in [0.25, 0.3) is 0 Å². The van der Waals surface area contributed by atoms with Gasteiger partial charge in [-0.1, -0.05) is 108 Å². The lowest BCUT2D eigenvalue weighted by molar-refractivity contribution is -0.116. The Hall–Kier alpha value is -2.31. The molecule has 0 bridgehead atoms. The minimum Gasteiger partial charge on any atom is -0.507 e. The van der Waals surface area contributed by atoms with Crippen LogP contribution >= 0.6 is 0 Å². The van der Waals surface area contributed by atoms with E-state index in [1.54, 1.807) is 13.2 Å². The van der Waals surface area contributed by atoms with Crippen LogP contribution in [-0.2, 0) is 14.3 Å². The molecule has 0 atom stereocenters. The van der Waals surface area contributed by atoms with Gasteiger partial charge in [0.1, 0.15) is 5.75 Å². The smallest absolute Gasteiger partial charge is 0.224 e. The van der Waals surface area contributed by atoms with E-state index in [-0.39, 0.29) is 18.4 Å². The minimum absolute atomic E-state index is 0.0276. The Morgan fingerprint density at radius 2 is 1.42 bits per heavy atom. The number of benzene rings is 2. The summed E-state index contributed by atoms with van der Waals surface area (Å²) in [4.78, 5) is 12.6. The average molecular weight is 502 g/mol. The molecule has 2 rings (SSSR count). The highest BCUT2D eigenvalue weighted by molar-refractivity contribution is 6.02. The number of amides is 1. The van der Waals surface area contributed by atoms with Crippen LogP contribution in [0.4, 0.5) is 5.69 Å². The number of aromatic hydroxyl groups is 1. The zero-order valence-corrected chi connectivity index (χ0v) is 22.5. The fraction of sp³-hybridized carbons (Fsp3) is 0.633. The van der Waals surface area contributed by atoms with E-state index < -0.39 is 0 Å². The first-order chi connectivity index (χ1) is 17.7. The lowest BCUT2D eigenvalue weighted by Crippen LogP contribution is -2.14. The SMILES string of the molecule is CCCCCCCCCCCCCCCC(=O)Nc1cc(O)c2ccccc2c1OCOCCOC. The summed E-state index contributed by atoms with van der Waals surface area (Å²) in [5, 5.41) is 14.8. The summed E-state index contributed by atoms with van der Waals surface area (Å²) in [6.07, 6.45) is 17.0. The lowest BCUT2D eigenvalue weighted by Gasteiger charge is -2.16.